The SMILES string of the molecule is CC(=O)C1CC(C(=O)NCc2ccc(N3CCc4ccccc4C3)nc2)=NN1c1ccccc1. The van der Waals surface area contributed by atoms with Gasteiger partial charge in [-0.3, -0.25) is 14.6 Å². The Kier molecular flexibility index (Phi) is 6.08. The lowest BCUT2D eigenvalue weighted by molar-refractivity contribution is -0.118. The van der Waals surface area contributed by atoms with Gasteiger partial charge in [-0.2, -0.15) is 5.10 Å². The number of carbonyl (C=O) groups is 2. The Balaban J connectivity index is 1.21. The third kappa shape index (κ3) is 4.55. The van der Waals surface area contributed by atoms with Crippen LogP contribution in [-0.2, 0) is 29.1 Å². The van der Waals surface area contributed by atoms with Crippen molar-refractivity contribution in [2.45, 2.75) is 38.9 Å². The summed E-state index contributed by atoms with van der Waals surface area (Å²) < 4.78 is 0. The number of anilines is 2. The standard InChI is InChI=1S/C27H27N5O2/c1-19(33)25-15-24(30-32(25)23-9-3-2-4-10-23)27(34)29-17-20-11-12-26(28-16-20)31-14-13-21-7-5-6-8-22(21)18-31/h2-12,16,25H,13-15,17-18H2,1H3,(H,29,34). The van der Waals surface area contributed by atoms with Crippen LogP contribution < -0.4 is 15.2 Å². The summed E-state index contributed by atoms with van der Waals surface area (Å²) in [6, 6.07) is 21.5. The number of benzene rings is 2. The van der Waals surface area contributed by atoms with Gasteiger partial charge in [-0.25, -0.2) is 4.98 Å². The molecule has 1 N–H and O–H groups in total. The van der Waals surface area contributed by atoms with E-state index >= 15 is 0 Å². The van der Waals surface area contributed by atoms with E-state index in [9.17, 15) is 9.59 Å². The molecule has 3 heterocycles. The molecule has 0 saturated heterocycles. The number of hydrogen-bond donors (Lipinski definition) is 1. The molecule has 7 heteroatoms. The van der Waals surface area contributed by atoms with Gasteiger partial charge in [0.15, 0.2) is 5.78 Å². The first-order valence-electron chi connectivity index (χ1n) is 11.6. The van der Waals surface area contributed by atoms with Crippen molar-refractivity contribution in [2.24, 2.45) is 5.10 Å². The second kappa shape index (κ2) is 9.47. The van der Waals surface area contributed by atoms with E-state index in [1.54, 1.807) is 11.2 Å². The fraction of sp³-hybridized carbons (Fsp3) is 0.259. The van der Waals surface area contributed by atoms with E-state index in [1.165, 1.54) is 18.1 Å². The molecule has 172 valence electrons. The first kappa shape index (κ1) is 21.8. The van der Waals surface area contributed by atoms with Crippen LogP contribution >= 0.6 is 0 Å². The van der Waals surface area contributed by atoms with Crippen LogP contribution in [0.3, 0.4) is 0 Å². The molecule has 0 saturated carbocycles. The normalized spacial score (nSPS) is 17.2. The average Bonchev–Trinajstić information content (AvgIpc) is 3.34. The second-order valence-corrected chi connectivity index (χ2v) is 8.70. The van der Waals surface area contributed by atoms with Gasteiger partial charge in [-0.05, 0) is 48.2 Å². The van der Waals surface area contributed by atoms with Gasteiger partial charge in [-0.1, -0.05) is 48.5 Å². The summed E-state index contributed by atoms with van der Waals surface area (Å²) in [5.74, 6) is 0.657. The van der Waals surface area contributed by atoms with E-state index in [4.69, 9.17) is 0 Å². The van der Waals surface area contributed by atoms with Crippen LogP contribution in [0.4, 0.5) is 11.5 Å². The summed E-state index contributed by atoms with van der Waals surface area (Å²) in [6.07, 6.45) is 3.12. The fourth-order valence-electron chi connectivity index (χ4n) is 4.47. The topological polar surface area (TPSA) is 77.9 Å². The quantitative estimate of drug-likeness (QED) is 0.618. The third-order valence-corrected chi connectivity index (χ3v) is 6.38. The zero-order chi connectivity index (χ0) is 23.5. The number of hydrazone groups is 1. The van der Waals surface area contributed by atoms with Gasteiger partial charge in [0.1, 0.15) is 17.6 Å². The lowest BCUT2D eigenvalue weighted by Gasteiger charge is -2.29. The van der Waals surface area contributed by atoms with Gasteiger partial charge >= 0.3 is 0 Å². The maximum atomic E-state index is 12.8. The molecule has 1 atom stereocenters. The minimum atomic E-state index is -0.459. The van der Waals surface area contributed by atoms with Crippen molar-refractivity contribution in [1.29, 1.82) is 0 Å². The van der Waals surface area contributed by atoms with E-state index in [1.807, 2.05) is 42.5 Å². The number of ketones is 1. The van der Waals surface area contributed by atoms with E-state index in [0.29, 0.717) is 18.7 Å². The molecule has 7 nitrogen and oxygen atoms in total. The zero-order valence-electron chi connectivity index (χ0n) is 19.1. The van der Waals surface area contributed by atoms with E-state index in [2.05, 4.69) is 44.6 Å². The van der Waals surface area contributed by atoms with Crippen molar-refractivity contribution in [3.8, 4) is 0 Å². The number of rotatable bonds is 6. The van der Waals surface area contributed by atoms with Gasteiger partial charge in [0.25, 0.3) is 5.91 Å². The molecule has 1 aromatic heterocycles. The van der Waals surface area contributed by atoms with Crippen LogP contribution in [0.5, 0.6) is 0 Å². The van der Waals surface area contributed by atoms with Crippen molar-refractivity contribution in [1.82, 2.24) is 10.3 Å². The van der Waals surface area contributed by atoms with Crippen molar-refractivity contribution in [3.63, 3.8) is 0 Å². The summed E-state index contributed by atoms with van der Waals surface area (Å²) in [6.45, 7) is 3.68. The number of Topliss-reactive ketones (excluding diaryl/α,β-unsaturated/α-hetero) is 1. The van der Waals surface area contributed by atoms with E-state index < -0.39 is 6.04 Å². The Bertz CT molecular complexity index is 1220. The third-order valence-electron chi connectivity index (χ3n) is 6.38. The zero-order valence-corrected chi connectivity index (χ0v) is 19.1. The molecule has 0 radical (unpaired) electrons. The van der Waals surface area contributed by atoms with Crippen molar-refractivity contribution >= 4 is 28.9 Å². The molecular formula is C27H27N5O2. The average molecular weight is 454 g/mol. The van der Waals surface area contributed by atoms with E-state index in [-0.39, 0.29) is 11.7 Å². The highest BCUT2D eigenvalue weighted by Gasteiger charge is 2.34. The highest BCUT2D eigenvalue weighted by atomic mass is 16.2. The van der Waals surface area contributed by atoms with Crippen LogP contribution in [-0.4, -0.2) is 35.0 Å². The maximum Gasteiger partial charge on any atom is 0.267 e. The monoisotopic (exact) mass is 453 g/mol. The van der Waals surface area contributed by atoms with E-state index in [0.717, 1.165) is 36.6 Å². The molecule has 5 rings (SSSR count). The second-order valence-electron chi connectivity index (χ2n) is 8.70. The molecule has 1 unspecified atom stereocenters. The molecule has 0 aliphatic carbocycles. The highest BCUT2D eigenvalue weighted by molar-refractivity contribution is 6.40. The van der Waals surface area contributed by atoms with Crippen molar-refractivity contribution < 1.29 is 9.59 Å². The molecule has 0 spiro atoms. The predicted molar refractivity (Wildman–Crippen MR) is 133 cm³/mol. The summed E-state index contributed by atoms with van der Waals surface area (Å²) in [7, 11) is 0. The molecule has 3 aromatic rings. The molecule has 0 bridgehead atoms. The minimum absolute atomic E-state index is 0.0180. The molecule has 2 aliphatic rings. The molecule has 1 amide bonds. The Morgan fingerprint density at radius 2 is 1.76 bits per heavy atom. The first-order valence-corrected chi connectivity index (χ1v) is 11.6. The smallest absolute Gasteiger partial charge is 0.267 e. The number of aromatic nitrogens is 1. The van der Waals surface area contributed by atoms with Gasteiger partial charge < -0.3 is 10.2 Å². The lowest BCUT2D eigenvalue weighted by Crippen LogP contribution is -2.34. The van der Waals surface area contributed by atoms with Crippen LogP contribution in [0.1, 0.15) is 30.0 Å². The first-order chi connectivity index (χ1) is 16.6. The maximum absolute atomic E-state index is 12.8. The predicted octanol–water partition coefficient (Wildman–Crippen LogP) is 3.48. The van der Waals surface area contributed by atoms with Gasteiger partial charge in [0.05, 0.1) is 5.69 Å². The summed E-state index contributed by atoms with van der Waals surface area (Å²) in [5.41, 5.74) is 4.82. The number of para-hydroxylation sites is 1. The largest absolute Gasteiger partial charge is 0.352 e. The number of carbonyl (C=O) groups excluding carboxylic acids is 2. The Labute approximate surface area is 199 Å². The van der Waals surface area contributed by atoms with Crippen LogP contribution in [0, 0.1) is 0 Å². The fourth-order valence-corrected chi connectivity index (χ4v) is 4.47. The molecular weight excluding hydrogens is 426 g/mol. The minimum Gasteiger partial charge on any atom is -0.352 e. The molecule has 2 aliphatic heterocycles. The number of nitrogens with one attached hydrogen (secondary N) is 1. The summed E-state index contributed by atoms with van der Waals surface area (Å²) in [4.78, 5) is 31.8. The molecule has 34 heavy (non-hydrogen) atoms. The lowest BCUT2D eigenvalue weighted by atomic mass is 10.00. The molecule has 2 aromatic carbocycles. The number of pyridine rings is 1. The van der Waals surface area contributed by atoms with Crippen LogP contribution in [0.15, 0.2) is 78.0 Å². The molecule has 0 fully saturated rings. The highest BCUT2D eigenvalue weighted by Crippen LogP contribution is 2.25. The Hall–Kier alpha value is -4.00. The number of nitrogens with zero attached hydrogens (tertiary/aromatic N) is 4. The Morgan fingerprint density at radius 1 is 1.00 bits per heavy atom. The van der Waals surface area contributed by atoms with Crippen LogP contribution in [0.2, 0.25) is 0 Å². The van der Waals surface area contributed by atoms with Crippen molar-refractivity contribution in [3.05, 3.63) is 89.6 Å². The van der Waals surface area contributed by atoms with Gasteiger partial charge in [-0.15, -0.1) is 0 Å². The van der Waals surface area contributed by atoms with Crippen molar-refractivity contribution in [2.75, 3.05) is 16.5 Å². The number of fused-ring (bicyclic) bond motifs is 1. The number of amides is 1. The Morgan fingerprint density at radius 3 is 2.50 bits per heavy atom. The summed E-state index contributed by atoms with van der Waals surface area (Å²) >= 11 is 0. The van der Waals surface area contributed by atoms with Gasteiger partial charge in [0, 0.05) is 32.3 Å². The van der Waals surface area contributed by atoms with Gasteiger partial charge in [0.2, 0.25) is 0 Å². The van der Waals surface area contributed by atoms with Crippen LogP contribution in [0.25, 0.3) is 0 Å². The number of hydrogen-bond acceptors (Lipinski definition) is 6. The summed E-state index contributed by atoms with van der Waals surface area (Å²) in [5, 5.41) is 9.03.